The zero-order chi connectivity index (χ0) is 13.8. The molecule has 6 heteroatoms. The first-order valence-electron chi connectivity index (χ1n) is 5.35. The van der Waals surface area contributed by atoms with Gasteiger partial charge in [0.05, 0.1) is 19.9 Å². The van der Waals surface area contributed by atoms with Gasteiger partial charge in [-0.15, -0.1) is 0 Å². The third kappa shape index (κ3) is 2.75. The Hall–Kier alpha value is -2.32. The molecule has 0 saturated carbocycles. The van der Waals surface area contributed by atoms with E-state index in [1.54, 1.807) is 38.5 Å². The first kappa shape index (κ1) is 13.1. The molecule has 96 valence electrons. The molecule has 0 spiro atoms. The van der Waals surface area contributed by atoms with Gasteiger partial charge in [-0.1, -0.05) is 0 Å². The van der Waals surface area contributed by atoms with Gasteiger partial charge < -0.3 is 9.47 Å². The zero-order valence-electron chi connectivity index (χ0n) is 10.3. The topological polar surface area (TPSA) is 68.0 Å². The number of hydrogen-bond acceptors (Lipinski definition) is 5. The van der Waals surface area contributed by atoms with E-state index in [1.165, 1.54) is 0 Å². The number of benzene rings is 1. The molecule has 0 atom stereocenters. The quantitative estimate of drug-likeness (QED) is 0.806. The van der Waals surface area contributed by atoms with Crippen LogP contribution in [0.3, 0.4) is 0 Å². The summed E-state index contributed by atoms with van der Waals surface area (Å²) in [6.07, 6.45) is 0. The number of methoxy groups -OCH3 is 2. The molecule has 0 N–H and O–H groups in total. The summed E-state index contributed by atoms with van der Waals surface area (Å²) in [5.41, 5.74) is 1.38. The van der Waals surface area contributed by atoms with Crippen molar-refractivity contribution in [1.29, 1.82) is 5.26 Å². The Labute approximate surface area is 115 Å². The molecule has 2 aromatic rings. The number of nitrogens with zero attached hydrogens (tertiary/aromatic N) is 3. The number of rotatable bonds is 3. The second kappa shape index (κ2) is 5.55. The molecule has 1 aromatic carbocycles. The fraction of sp³-hybridized carbons (Fsp3) is 0.154. The van der Waals surface area contributed by atoms with Gasteiger partial charge in [-0.05, 0) is 29.8 Å². The van der Waals surface area contributed by atoms with E-state index in [2.05, 4.69) is 9.97 Å². The Morgan fingerprint density at radius 2 is 1.95 bits per heavy atom. The molecule has 0 saturated heterocycles. The number of hydrogen-bond donors (Lipinski definition) is 0. The van der Waals surface area contributed by atoms with Gasteiger partial charge in [0.1, 0.15) is 23.3 Å². The zero-order valence-corrected chi connectivity index (χ0v) is 11.1. The Kier molecular flexibility index (Phi) is 3.83. The van der Waals surface area contributed by atoms with Gasteiger partial charge in [0, 0.05) is 11.6 Å². The molecular formula is C13H10ClN3O2. The first-order valence-corrected chi connectivity index (χ1v) is 5.73. The predicted molar refractivity (Wildman–Crippen MR) is 70.3 cm³/mol. The van der Waals surface area contributed by atoms with Crippen LogP contribution in [0.25, 0.3) is 11.3 Å². The van der Waals surface area contributed by atoms with Gasteiger partial charge >= 0.3 is 0 Å². The molecule has 0 radical (unpaired) electrons. The minimum atomic E-state index is 0.0129. The molecule has 0 amide bonds. The Morgan fingerprint density at radius 1 is 1.16 bits per heavy atom. The predicted octanol–water partition coefficient (Wildman–Crippen LogP) is 2.69. The van der Waals surface area contributed by atoms with Crippen LogP contribution in [0, 0.1) is 11.3 Å². The molecule has 1 aromatic heterocycles. The summed E-state index contributed by atoms with van der Waals surface area (Å²) in [4.78, 5) is 7.90. The van der Waals surface area contributed by atoms with Crippen molar-refractivity contribution in [2.24, 2.45) is 0 Å². The lowest BCUT2D eigenvalue weighted by Crippen LogP contribution is -1.95. The van der Waals surface area contributed by atoms with Crippen LogP contribution in [0.5, 0.6) is 11.5 Å². The normalized spacial score (nSPS) is 9.79. The first-order chi connectivity index (χ1) is 9.17. The fourth-order valence-electron chi connectivity index (χ4n) is 1.63. The van der Waals surface area contributed by atoms with Crippen LogP contribution in [0.15, 0.2) is 24.3 Å². The molecule has 19 heavy (non-hydrogen) atoms. The Morgan fingerprint density at radius 3 is 2.58 bits per heavy atom. The molecule has 0 aliphatic carbocycles. The highest BCUT2D eigenvalue weighted by molar-refractivity contribution is 6.28. The highest BCUT2D eigenvalue weighted by atomic mass is 35.5. The van der Waals surface area contributed by atoms with Crippen molar-refractivity contribution in [3.63, 3.8) is 0 Å². The largest absolute Gasteiger partial charge is 0.497 e. The number of nitriles is 1. The highest BCUT2D eigenvalue weighted by Crippen LogP contribution is 2.32. The second-order valence-electron chi connectivity index (χ2n) is 3.59. The van der Waals surface area contributed by atoms with E-state index in [-0.39, 0.29) is 11.0 Å². The molecule has 0 fully saturated rings. The van der Waals surface area contributed by atoms with E-state index in [4.69, 9.17) is 26.3 Å². The average Bonchev–Trinajstić information content (AvgIpc) is 2.45. The summed E-state index contributed by atoms with van der Waals surface area (Å²) < 4.78 is 10.4. The lowest BCUT2D eigenvalue weighted by atomic mass is 10.1. The van der Waals surface area contributed by atoms with Gasteiger partial charge in [-0.2, -0.15) is 5.26 Å². The van der Waals surface area contributed by atoms with E-state index < -0.39 is 0 Å². The highest BCUT2D eigenvalue weighted by Gasteiger charge is 2.11. The number of ether oxygens (including phenoxy) is 2. The third-order valence-electron chi connectivity index (χ3n) is 2.50. The van der Waals surface area contributed by atoms with Crippen molar-refractivity contribution >= 4 is 11.6 Å². The van der Waals surface area contributed by atoms with Gasteiger partial charge in [0.25, 0.3) is 0 Å². The van der Waals surface area contributed by atoms with Crippen LogP contribution in [0.4, 0.5) is 0 Å². The SMILES string of the molecule is COc1ccc(OC)c(-c2cc(C#N)nc(Cl)n2)c1. The Balaban J connectivity index is 2.63. The van der Waals surface area contributed by atoms with Gasteiger partial charge in [0.2, 0.25) is 5.28 Å². The summed E-state index contributed by atoms with van der Waals surface area (Å²) in [5, 5.41) is 8.92. The third-order valence-corrected chi connectivity index (χ3v) is 2.67. The summed E-state index contributed by atoms with van der Waals surface area (Å²) in [6.45, 7) is 0. The molecule has 0 aliphatic heterocycles. The minimum Gasteiger partial charge on any atom is -0.497 e. The van der Waals surface area contributed by atoms with Crippen LogP contribution >= 0.6 is 11.6 Å². The van der Waals surface area contributed by atoms with Crippen molar-refractivity contribution in [2.75, 3.05) is 14.2 Å². The fourth-order valence-corrected chi connectivity index (χ4v) is 1.81. The van der Waals surface area contributed by atoms with E-state index >= 15 is 0 Å². The molecule has 0 bridgehead atoms. The van der Waals surface area contributed by atoms with Crippen LogP contribution in [0.2, 0.25) is 5.28 Å². The maximum atomic E-state index is 8.91. The van der Waals surface area contributed by atoms with Crippen LogP contribution in [-0.4, -0.2) is 24.2 Å². The monoisotopic (exact) mass is 275 g/mol. The second-order valence-corrected chi connectivity index (χ2v) is 3.92. The van der Waals surface area contributed by atoms with E-state index in [0.717, 1.165) is 0 Å². The lowest BCUT2D eigenvalue weighted by molar-refractivity contribution is 0.404. The van der Waals surface area contributed by atoms with E-state index in [9.17, 15) is 0 Å². The van der Waals surface area contributed by atoms with Crippen LogP contribution in [-0.2, 0) is 0 Å². The van der Waals surface area contributed by atoms with Crippen LogP contribution in [0.1, 0.15) is 5.69 Å². The maximum absolute atomic E-state index is 8.91. The molecular weight excluding hydrogens is 266 g/mol. The van der Waals surface area contributed by atoms with Crippen molar-refractivity contribution in [1.82, 2.24) is 9.97 Å². The summed E-state index contributed by atoms with van der Waals surface area (Å²) in [6, 6.07) is 8.78. The van der Waals surface area contributed by atoms with Crippen molar-refractivity contribution in [3.05, 3.63) is 35.2 Å². The van der Waals surface area contributed by atoms with Gasteiger partial charge in [-0.25, -0.2) is 9.97 Å². The van der Waals surface area contributed by atoms with Gasteiger partial charge in [0.15, 0.2) is 0 Å². The molecule has 1 heterocycles. The minimum absolute atomic E-state index is 0.0129. The molecule has 0 aliphatic rings. The van der Waals surface area contributed by atoms with E-state index in [0.29, 0.717) is 22.8 Å². The van der Waals surface area contributed by atoms with Crippen molar-refractivity contribution < 1.29 is 9.47 Å². The summed E-state index contributed by atoms with van der Waals surface area (Å²) in [5.74, 6) is 1.27. The maximum Gasteiger partial charge on any atom is 0.224 e. The van der Waals surface area contributed by atoms with Crippen LogP contribution < -0.4 is 9.47 Å². The summed E-state index contributed by atoms with van der Waals surface area (Å²) in [7, 11) is 3.12. The van der Waals surface area contributed by atoms with Crippen molar-refractivity contribution in [2.45, 2.75) is 0 Å². The Bertz CT molecular complexity index is 653. The lowest BCUT2D eigenvalue weighted by Gasteiger charge is -2.10. The smallest absolute Gasteiger partial charge is 0.224 e. The molecule has 5 nitrogen and oxygen atoms in total. The molecule has 0 unspecified atom stereocenters. The number of halogens is 1. The summed E-state index contributed by atoms with van der Waals surface area (Å²) >= 11 is 5.80. The standard InChI is InChI=1S/C13H10ClN3O2/c1-18-9-3-4-12(19-2)10(6-9)11-5-8(7-15)16-13(14)17-11/h3-6H,1-2H3. The van der Waals surface area contributed by atoms with E-state index in [1.807, 2.05) is 6.07 Å². The molecule has 2 rings (SSSR count). The number of aromatic nitrogens is 2. The average molecular weight is 276 g/mol. The van der Waals surface area contributed by atoms with Gasteiger partial charge in [-0.3, -0.25) is 0 Å². The van der Waals surface area contributed by atoms with Crippen molar-refractivity contribution in [3.8, 4) is 28.8 Å².